The van der Waals surface area contributed by atoms with Crippen molar-refractivity contribution in [3.63, 3.8) is 0 Å². The molecule has 0 aliphatic rings. The predicted octanol–water partition coefficient (Wildman–Crippen LogP) is 5.68. The molecule has 5 heteroatoms. The second-order valence-corrected chi connectivity index (χ2v) is 8.04. The minimum absolute atomic E-state index is 0.166. The summed E-state index contributed by atoms with van der Waals surface area (Å²) in [5.74, 6) is 3.08. The van der Waals surface area contributed by atoms with E-state index in [1.165, 1.54) is 16.7 Å². The van der Waals surface area contributed by atoms with Crippen molar-refractivity contribution < 1.29 is 4.74 Å². The third-order valence-electron chi connectivity index (χ3n) is 4.71. The topological polar surface area (TPSA) is 39.9 Å². The van der Waals surface area contributed by atoms with Crippen molar-refractivity contribution in [2.24, 2.45) is 7.05 Å². The molecule has 0 N–H and O–H groups in total. The van der Waals surface area contributed by atoms with Gasteiger partial charge in [0.25, 0.3) is 0 Å². The van der Waals surface area contributed by atoms with Gasteiger partial charge in [0.15, 0.2) is 17.1 Å². The SMILES string of the molecule is Cc1ccccc1CSc1nnc(C(C)Oc2ccc(C(C)C)cc2)n1C. The van der Waals surface area contributed by atoms with Crippen molar-refractivity contribution in [2.45, 2.75) is 50.6 Å². The Hall–Kier alpha value is -2.27. The Balaban J connectivity index is 1.66. The van der Waals surface area contributed by atoms with Gasteiger partial charge in [-0.15, -0.1) is 10.2 Å². The molecule has 0 fully saturated rings. The van der Waals surface area contributed by atoms with Crippen LogP contribution in [-0.2, 0) is 12.8 Å². The summed E-state index contributed by atoms with van der Waals surface area (Å²) in [7, 11) is 2.00. The van der Waals surface area contributed by atoms with Crippen LogP contribution in [0.25, 0.3) is 0 Å². The van der Waals surface area contributed by atoms with Crippen molar-refractivity contribution >= 4 is 11.8 Å². The average Bonchev–Trinajstić information content (AvgIpc) is 3.02. The zero-order valence-electron chi connectivity index (χ0n) is 16.6. The highest BCUT2D eigenvalue weighted by Crippen LogP contribution is 2.27. The van der Waals surface area contributed by atoms with E-state index in [4.69, 9.17) is 4.74 Å². The van der Waals surface area contributed by atoms with E-state index >= 15 is 0 Å². The quantitative estimate of drug-likeness (QED) is 0.494. The van der Waals surface area contributed by atoms with Crippen molar-refractivity contribution in [1.82, 2.24) is 14.8 Å². The molecule has 0 saturated heterocycles. The van der Waals surface area contributed by atoms with Crippen LogP contribution in [-0.4, -0.2) is 14.8 Å². The third kappa shape index (κ3) is 4.72. The third-order valence-corrected chi connectivity index (χ3v) is 5.78. The van der Waals surface area contributed by atoms with Gasteiger partial charge in [-0.25, -0.2) is 0 Å². The monoisotopic (exact) mass is 381 g/mol. The van der Waals surface area contributed by atoms with Gasteiger partial charge in [0, 0.05) is 12.8 Å². The first-order valence-corrected chi connectivity index (χ1v) is 10.3. The number of aromatic nitrogens is 3. The molecule has 0 spiro atoms. The zero-order chi connectivity index (χ0) is 19.4. The van der Waals surface area contributed by atoms with Crippen LogP contribution in [0, 0.1) is 6.92 Å². The van der Waals surface area contributed by atoms with Crippen LogP contribution in [0.4, 0.5) is 0 Å². The van der Waals surface area contributed by atoms with Crippen LogP contribution in [0.2, 0.25) is 0 Å². The number of nitrogens with zero attached hydrogens (tertiary/aromatic N) is 3. The summed E-state index contributed by atoms with van der Waals surface area (Å²) in [4.78, 5) is 0. The summed E-state index contributed by atoms with van der Waals surface area (Å²) < 4.78 is 8.10. The molecule has 1 unspecified atom stereocenters. The molecule has 1 atom stereocenters. The Morgan fingerprint density at radius 1 is 1.00 bits per heavy atom. The Morgan fingerprint density at radius 3 is 2.37 bits per heavy atom. The molecule has 1 heterocycles. The number of hydrogen-bond acceptors (Lipinski definition) is 4. The van der Waals surface area contributed by atoms with E-state index in [9.17, 15) is 0 Å². The molecule has 0 bridgehead atoms. The second-order valence-electron chi connectivity index (χ2n) is 7.10. The highest BCUT2D eigenvalue weighted by molar-refractivity contribution is 7.98. The molecule has 0 amide bonds. The first kappa shape index (κ1) is 19.5. The summed E-state index contributed by atoms with van der Waals surface area (Å²) in [5, 5.41) is 9.62. The van der Waals surface area contributed by atoms with Crippen LogP contribution in [0.3, 0.4) is 0 Å². The Bertz CT molecular complexity index is 887. The molecule has 1 aromatic heterocycles. The molecule has 2 aromatic carbocycles. The highest BCUT2D eigenvalue weighted by Gasteiger charge is 2.17. The van der Waals surface area contributed by atoms with E-state index in [1.807, 2.05) is 30.7 Å². The van der Waals surface area contributed by atoms with Crippen LogP contribution >= 0.6 is 11.8 Å². The maximum atomic E-state index is 6.08. The molecule has 27 heavy (non-hydrogen) atoms. The number of rotatable bonds is 7. The molecule has 3 aromatic rings. The van der Waals surface area contributed by atoms with Gasteiger partial charge in [-0.3, -0.25) is 0 Å². The maximum absolute atomic E-state index is 6.08. The summed E-state index contributed by atoms with van der Waals surface area (Å²) in [5.41, 5.74) is 3.93. The lowest BCUT2D eigenvalue weighted by Gasteiger charge is -2.15. The summed E-state index contributed by atoms with van der Waals surface area (Å²) in [6.45, 7) is 8.52. The Labute approximate surface area is 166 Å². The van der Waals surface area contributed by atoms with Crippen molar-refractivity contribution in [2.75, 3.05) is 0 Å². The van der Waals surface area contributed by atoms with Crippen LogP contribution in [0.5, 0.6) is 5.75 Å². The van der Waals surface area contributed by atoms with Gasteiger partial charge in [-0.05, 0) is 48.6 Å². The Morgan fingerprint density at radius 2 is 1.70 bits per heavy atom. The minimum Gasteiger partial charge on any atom is -0.483 e. The number of benzene rings is 2. The molecule has 4 nitrogen and oxygen atoms in total. The second kappa shape index (κ2) is 8.61. The predicted molar refractivity (Wildman–Crippen MR) is 111 cm³/mol. The zero-order valence-corrected chi connectivity index (χ0v) is 17.5. The summed E-state index contributed by atoms with van der Waals surface area (Å²) in [6, 6.07) is 16.7. The fraction of sp³-hybridized carbons (Fsp3) is 0.364. The average molecular weight is 382 g/mol. The van der Waals surface area contributed by atoms with Gasteiger partial charge in [-0.1, -0.05) is 62.0 Å². The van der Waals surface area contributed by atoms with Crippen LogP contribution in [0.1, 0.15) is 55.3 Å². The molecule has 0 radical (unpaired) electrons. The number of ether oxygens (including phenoxy) is 1. The van der Waals surface area contributed by atoms with Gasteiger partial charge in [0.2, 0.25) is 0 Å². The number of thioether (sulfide) groups is 1. The molecule has 0 aliphatic heterocycles. The van der Waals surface area contributed by atoms with E-state index in [2.05, 4.69) is 67.4 Å². The highest BCUT2D eigenvalue weighted by atomic mass is 32.2. The van der Waals surface area contributed by atoms with Gasteiger partial charge in [0.05, 0.1) is 0 Å². The van der Waals surface area contributed by atoms with Gasteiger partial charge in [-0.2, -0.15) is 0 Å². The summed E-state index contributed by atoms with van der Waals surface area (Å²) in [6.07, 6.45) is -0.166. The lowest BCUT2D eigenvalue weighted by Crippen LogP contribution is -2.10. The first-order valence-electron chi connectivity index (χ1n) is 9.29. The van der Waals surface area contributed by atoms with Crippen LogP contribution in [0.15, 0.2) is 53.7 Å². The molecule has 3 rings (SSSR count). The fourth-order valence-electron chi connectivity index (χ4n) is 2.91. The molecule has 0 saturated carbocycles. The lowest BCUT2D eigenvalue weighted by atomic mass is 10.0. The van der Waals surface area contributed by atoms with Crippen LogP contribution < -0.4 is 4.74 Å². The first-order chi connectivity index (χ1) is 13.0. The van der Waals surface area contributed by atoms with Crippen molar-refractivity contribution in [3.05, 3.63) is 71.0 Å². The van der Waals surface area contributed by atoms with E-state index in [-0.39, 0.29) is 6.10 Å². The molecule has 0 aliphatic carbocycles. The standard InChI is InChI=1S/C22H27N3OS/c1-15(2)18-10-12-20(13-11-18)26-17(4)21-23-24-22(25(21)5)27-14-19-9-7-6-8-16(19)3/h6-13,15,17H,14H2,1-5H3. The van der Waals surface area contributed by atoms with E-state index < -0.39 is 0 Å². The van der Waals surface area contributed by atoms with E-state index in [1.54, 1.807) is 11.8 Å². The molecular weight excluding hydrogens is 354 g/mol. The number of aryl methyl sites for hydroxylation is 1. The maximum Gasteiger partial charge on any atom is 0.191 e. The number of hydrogen-bond donors (Lipinski definition) is 0. The smallest absolute Gasteiger partial charge is 0.191 e. The van der Waals surface area contributed by atoms with Crippen molar-refractivity contribution in [1.29, 1.82) is 0 Å². The minimum atomic E-state index is -0.166. The van der Waals surface area contributed by atoms with E-state index in [0.29, 0.717) is 5.92 Å². The largest absolute Gasteiger partial charge is 0.483 e. The Kier molecular flexibility index (Phi) is 6.22. The van der Waals surface area contributed by atoms with Crippen molar-refractivity contribution in [3.8, 4) is 5.75 Å². The van der Waals surface area contributed by atoms with E-state index in [0.717, 1.165) is 22.5 Å². The van der Waals surface area contributed by atoms with Gasteiger partial charge in [0.1, 0.15) is 5.75 Å². The van der Waals surface area contributed by atoms with Gasteiger partial charge < -0.3 is 9.30 Å². The molecule has 142 valence electrons. The normalized spacial score (nSPS) is 12.4. The summed E-state index contributed by atoms with van der Waals surface area (Å²) >= 11 is 1.70. The van der Waals surface area contributed by atoms with Gasteiger partial charge >= 0.3 is 0 Å². The fourth-order valence-corrected chi connectivity index (χ4v) is 3.90. The molecular formula is C22H27N3OS. The lowest BCUT2D eigenvalue weighted by molar-refractivity contribution is 0.211.